The summed E-state index contributed by atoms with van der Waals surface area (Å²) in [6.07, 6.45) is -1.56. The number of fused-ring (bicyclic) bond motifs is 2. The first-order valence-corrected chi connectivity index (χ1v) is 10.9. The number of carbonyl (C=O) groups excluding carboxylic acids is 1. The van der Waals surface area contributed by atoms with E-state index in [-0.39, 0.29) is 28.0 Å². The highest BCUT2D eigenvalue weighted by Gasteiger charge is 2.48. The van der Waals surface area contributed by atoms with Gasteiger partial charge in [0.05, 0.1) is 17.9 Å². The maximum Gasteiger partial charge on any atom is 0.416 e. The summed E-state index contributed by atoms with van der Waals surface area (Å²) in [6.45, 7) is 4.03. The number of nitrogens with one attached hydrogen (secondary N) is 1. The minimum Gasteiger partial charge on any atom is -0.492 e. The van der Waals surface area contributed by atoms with Gasteiger partial charge in [-0.05, 0) is 61.9 Å². The molecule has 32 heavy (non-hydrogen) atoms. The zero-order valence-corrected chi connectivity index (χ0v) is 18.5. The van der Waals surface area contributed by atoms with Gasteiger partial charge >= 0.3 is 6.18 Å². The normalized spacial score (nSPS) is 23.0. The fraction of sp³-hybridized carbons (Fsp3) is 0.458. The Morgan fingerprint density at radius 1 is 1.12 bits per heavy atom. The fourth-order valence-corrected chi connectivity index (χ4v) is 5.07. The van der Waals surface area contributed by atoms with Gasteiger partial charge in [-0.25, -0.2) is 4.39 Å². The third-order valence-electron chi connectivity index (χ3n) is 7.11. The van der Waals surface area contributed by atoms with Gasteiger partial charge in [-0.15, -0.1) is 0 Å². The Balaban J connectivity index is 1.46. The summed E-state index contributed by atoms with van der Waals surface area (Å²) >= 11 is 5.77. The van der Waals surface area contributed by atoms with Gasteiger partial charge in [0.15, 0.2) is 0 Å². The topological polar surface area (TPSA) is 38.3 Å². The first kappa shape index (κ1) is 22.9. The SMILES string of the molecule is CC(C)(C(=O)Nc1ccc(Cl)cc1F)[C@H]1CC[C@@]2(CC1)COc1cc(C(F)(F)F)ccc12. The van der Waals surface area contributed by atoms with Gasteiger partial charge in [0.25, 0.3) is 0 Å². The minimum absolute atomic E-state index is 0.0435. The summed E-state index contributed by atoms with van der Waals surface area (Å²) in [5.74, 6) is -0.532. The maximum atomic E-state index is 14.1. The highest BCUT2D eigenvalue weighted by molar-refractivity contribution is 6.30. The van der Waals surface area contributed by atoms with Crippen LogP contribution in [0.3, 0.4) is 0 Å². The fourth-order valence-electron chi connectivity index (χ4n) is 4.92. The maximum absolute atomic E-state index is 14.1. The second-order valence-electron chi connectivity index (χ2n) is 9.35. The van der Waals surface area contributed by atoms with E-state index in [0.717, 1.165) is 23.8 Å². The molecule has 172 valence electrons. The number of amides is 1. The zero-order valence-electron chi connectivity index (χ0n) is 17.8. The van der Waals surface area contributed by atoms with Gasteiger partial charge < -0.3 is 10.1 Å². The summed E-state index contributed by atoms with van der Waals surface area (Å²) in [5, 5.41) is 2.92. The Kier molecular flexibility index (Phi) is 5.68. The van der Waals surface area contributed by atoms with E-state index in [0.29, 0.717) is 38.0 Å². The number of halogens is 5. The molecule has 1 saturated carbocycles. The molecule has 3 nitrogen and oxygen atoms in total. The van der Waals surface area contributed by atoms with Crippen molar-refractivity contribution < 1.29 is 27.1 Å². The number of alkyl halides is 3. The van der Waals surface area contributed by atoms with Crippen LogP contribution < -0.4 is 10.1 Å². The second-order valence-corrected chi connectivity index (χ2v) is 9.79. The molecular weight excluding hydrogens is 446 g/mol. The van der Waals surface area contributed by atoms with Gasteiger partial charge in [-0.2, -0.15) is 13.2 Å². The number of carbonyl (C=O) groups is 1. The van der Waals surface area contributed by atoms with Crippen LogP contribution in [0.5, 0.6) is 5.75 Å². The highest BCUT2D eigenvalue weighted by Crippen LogP contribution is 2.53. The van der Waals surface area contributed by atoms with Crippen LogP contribution in [0.2, 0.25) is 5.02 Å². The predicted molar refractivity (Wildman–Crippen MR) is 114 cm³/mol. The summed E-state index contributed by atoms with van der Waals surface area (Å²) < 4.78 is 58.8. The van der Waals surface area contributed by atoms with Gasteiger partial charge in [-0.1, -0.05) is 31.5 Å². The van der Waals surface area contributed by atoms with E-state index >= 15 is 0 Å². The summed E-state index contributed by atoms with van der Waals surface area (Å²) in [7, 11) is 0. The number of ether oxygens (including phenoxy) is 1. The van der Waals surface area contributed by atoms with Gasteiger partial charge in [0.2, 0.25) is 5.91 Å². The van der Waals surface area contributed by atoms with E-state index in [1.54, 1.807) is 0 Å². The van der Waals surface area contributed by atoms with E-state index < -0.39 is 23.0 Å². The second kappa shape index (κ2) is 7.94. The predicted octanol–water partition coefficient (Wildman–Crippen LogP) is 6.98. The highest BCUT2D eigenvalue weighted by atomic mass is 35.5. The molecule has 0 atom stereocenters. The molecule has 1 amide bonds. The van der Waals surface area contributed by atoms with Crippen molar-refractivity contribution in [2.45, 2.75) is 51.1 Å². The molecule has 4 rings (SSSR count). The van der Waals surface area contributed by atoms with Crippen LogP contribution in [-0.2, 0) is 16.4 Å². The van der Waals surface area contributed by atoms with Crippen molar-refractivity contribution in [2.75, 3.05) is 11.9 Å². The van der Waals surface area contributed by atoms with Crippen molar-refractivity contribution in [1.82, 2.24) is 0 Å². The molecule has 0 bridgehead atoms. The standard InChI is InChI=1S/C24H24ClF4NO2/c1-22(2,21(31)30-19-6-4-16(25)12-18(19)26)14-7-9-23(10-8-14)13-32-20-11-15(24(27,28)29)3-5-17(20)23/h3-6,11-12,14H,7-10,13H2,1-2H3,(H,30,31)/t14-,23+. The summed E-state index contributed by atoms with van der Waals surface area (Å²) in [4.78, 5) is 13.0. The van der Waals surface area contributed by atoms with Crippen LogP contribution in [0, 0.1) is 17.2 Å². The Morgan fingerprint density at radius 3 is 2.44 bits per heavy atom. The average Bonchev–Trinajstić information content (AvgIpc) is 3.07. The Hall–Kier alpha value is -2.28. The molecule has 1 fully saturated rings. The smallest absolute Gasteiger partial charge is 0.416 e. The van der Waals surface area contributed by atoms with Crippen molar-refractivity contribution in [3.05, 3.63) is 58.4 Å². The van der Waals surface area contributed by atoms with E-state index in [9.17, 15) is 22.4 Å². The van der Waals surface area contributed by atoms with E-state index in [1.807, 2.05) is 13.8 Å². The van der Waals surface area contributed by atoms with Crippen molar-refractivity contribution in [2.24, 2.45) is 11.3 Å². The molecule has 1 aliphatic carbocycles. The molecule has 2 aromatic rings. The van der Waals surface area contributed by atoms with Crippen LogP contribution in [0.1, 0.15) is 50.7 Å². The molecule has 0 radical (unpaired) electrons. The van der Waals surface area contributed by atoms with Crippen LogP contribution in [0.15, 0.2) is 36.4 Å². The van der Waals surface area contributed by atoms with E-state index in [2.05, 4.69) is 5.32 Å². The molecule has 2 aliphatic rings. The third-order valence-corrected chi connectivity index (χ3v) is 7.35. The van der Waals surface area contributed by atoms with Crippen molar-refractivity contribution in [1.29, 1.82) is 0 Å². The number of hydrogen-bond donors (Lipinski definition) is 1. The first-order valence-electron chi connectivity index (χ1n) is 10.5. The molecule has 1 heterocycles. The lowest BCUT2D eigenvalue weighted by Gasteiger charge is -2.42. The molecule has 1 spiro atoms. The minimum atomic E-state index is -4.41. The van der Waals surface area contributed by atoms with Gasteiger partial charge in [0.1, 0.15) is 11.6 Å². The van der Waals surface area contributed by atoms with E-state index in [4.69, 9.17) is 16.3 Å². The average molecular weight is 470 g/mol. The van der Waals surface area contributed by atoms with Gasteiger partial charge in [-0.3, -0.25) is 4.79 Å². The number of anilines is 1. The molecule has 0 aromatic heterocycles. The third kappa shape index (κ3) is 4.07. The lowest BCUT2D eigenvalue weighted by atomic mass is 9.62. The van der Waals surface area contributed by atoms with E-state index in [1.165, 1.54) is 18.2 Å². The molecule has 1 aliphatic heterocycles. The number of benzene rings is 2. The molecule has 2 aromatic carbocycles. The van der Waals surface area contributed by atoms with Crippen LogP contribution >= 0.6 is 11.6 Å². The molecule has 8 heteroatoms. The zero-order chi connectivity index (χ0) is 23.3. The Bertz CT molecular complexity index is 1040. The van der Waals surface area contributed by atoms with Crippen molar-refractivity contribution in [3.63, 3.8) is 0 Å². The lowest BCUT2D eigenvalue weighted by Crippen LogP contribution is -2.43. The first-order chi connectivity index (χ1) is 14.9. The summed E-state index contributed by atoms with van der Waals surface area (Å²) in [6, 6.07) is 7.82. The largest absolute Gasteiger partial charge is 0.492 e. The van der Waals surface area contributed by atoms with Crippen LogP contribution in [-0.4, -0.2) is 12.5 Å². The van der Waals surface area contributed by atoms with Crippen LogP contribution in [0.4, 0.5) is 23.2 Å². The number of rotatable bonds is 3. The molecule has 0 unspecified atom stereocenters. The monoisotopic (exact) mass is 469 g/mol. The van der Waals surface area contributed by atoms with Crippen molar-refractivity contribution >= 4 is 23.2 Å². The number of hydrogen-bond acceptors (Lipinski definition) is 2. The van der Waals surface area contributed by atoms with Crippen molar-refractivity contribution in [3.8, 4) is 5.75 Å². The van der Waals surface area contributed by atoms with Crippen LogP contribution in [0.25, 0.3) is 0 Å². The quantitative estimate of drug-likeness (QED) is 0.492. The Morgan fingerprint density at radius 2 is 1.81 bits per heavy atom. The van der Waals surface area contributed by atoms with Gasteiger partial charge in [0, 0.05) is 21.4 Å². The molecule has 1 N–H and O–H groups in total. The molecule has 0 saturated heterocycles. The Labute approximate surface area is 189 Å². The molecular formula is C24H24ClF4NO2. The lowest BCUT2D eigenvalue weighted by molar-refractivity contribution is -0.137. The summed E-state index contributed by atoms with van der Waals surface area (Å²) in [5.41, 5.74) is -0.900.